The number of carbonyl (C=O) groups excluding carboxylic acids is 2. The lowest BCUT2D eigenvalue weighted by molar-refractivity contribution is -0.161. The molecule has 0 saturated heterocycles. The molecule has 0 aromatic rings. The molecule has 0 spiro atoms. The van der Waals surface area contributed by atoms with Crippen molar-refractivity contribution in [2.75, 3.05) is 33.4 Å². The molecule has 0 bridgehead atoms. The van der Waals surface area contributed by atoms with Crippen molar-refractivity contribution in [2.45, 2.75) is 136 Å². The van der Waals surface area contributed by atoms with Gasteiger partial charge in [-0.25, -0.2) is 4.57 Å². The normalized spacial score (nSPS) is 14.5. The first-order valence-electron chi connectivity index (χ1n) is 21.5. The number of allylic oxidation sites excluding steroid dienone is 20. The molecule has 0 aliphatic heterocycles. The number of carbonyl (C=O) groups is 2. The van der Waals surface area contributed by atoms with Crippen molar-refractivity contribution in [2.24, 2.45) is 0 Å². The van der Waals surface area contributed by atoms with Crippen molar-refractivity contribution in [3.63, 3.8) is 0 Å². The van der Waals surface area contributed by atoms with Crippen LogP contribution >= 0.6 is 7.82 Å². The van der Waals surface area contributed by atoms with Crippen LogP contribution < -0.4 is 5.32 Å². The van der Waals surface area contributed by atoms with Crippen molar-refractivity contribution in [3.8, 4) is 0 Å². The van der Waals surface area contributed by atoms with Crippen LogP contribution in [0.15, 0.2) is 122 Å². The number of unbranched alkanes of at least 4 members (excludes halogenated alkanes) is 4. The average molecular weight is 826 g/mol. The van der Waals surface area contributed by atoms with E-state index in [1.165, 1.54) is 19.3 Å². The summed E-state index contributed by atoms with van der Waals surface area (Å²) in [5.74, 6) is -0.985. The number of hydrogen-bond donors (Lipinski definition) is 2. The maximum Gasteiger partial charge on any atom is 0.472 e. The van der Waals surface area contributed by atoms with Crippen LogP contribution in [-0.4, -0.2) is 56.3 Å². The van der Waals surface area contributed by atoms with Crippen molar-refractivity contribution in [1.82, 2.24) is 5.32 Å². The lowest BCUT2D eigenvalue weighted by Gasteiger charge is -2.19. The van der Waals surface area contributed by atoms with E-state index >= 15 is 0 Å². The van der Waals surface area contributed by atoms with Crippen molar-refractivity contribution in [3.05, 3.63) is 122 Å². The highest BCUT2D eigenvalue weighted by Crippen LogP contribution is 2.43. The summed E-state index contributed by atoms with van der Waals surface area (Å²) in [6, 6.07) is 0. The maximum absolute atomic E-state index is 12.6. The van der Waals surface area contributed by atoms with Crippen molar-refractivity contribution < 1.29 is 37.6 Å². The predicted octanol–water partition coefficient (Wildman–Crippen LogP) is 12.4. The van der Waals surface area contributed by atoms with Gasteiger partial charge in [-0.15, -0.1) is 0 Å². The second-order valence-corrected chi connectivity index (χ2v) is 14.9. The van der Waals surface area contributed by atoms with Crippen LogP contribution in [0.25, 0.3) is 0 Å². The lowest BCUT2D eigenvalue weighted by atomic mass is 10.2. The number of nitrogens with one attached hydrogen (secondary N) is 1. The van der Waals surface area contributed by atoms with E-state index in [0.29, 0.717) is 25.8 Å². The molecule has 2 unspecified atom stereocenters. The minimum atomic E-state index is -4.39. The standard InChI is InChI=1S/C48H76NO8P/c1-4-6-8-10-12-14-16-18-20-22-23-25-26-28-30-32-34-36-38-40-47(50)54-44-46(45-56-58(52,53)55-43-42-49-3)57-48(51)41-39-37-35-33-31-29-27-24-21-19-17-15-13-11-9-7-5-2/h6,8,12-15,18-21,23,25,27-30,33-36,46,49H,4-5,7,9-11,16-17,22,24,26,31-32,37-45H2,1-3H3,(H,52,53)/b8-6-,14-12-,15-13-,20-18-,21-19-,25-23-,29-27-,30-28-,35-33-,36-34-. The van der Waals surface area contributed by atoms with E-state index < -0.39 is 32.5 Å². The molecule has 0 fully saturated rings. The summed E-state index contributed by atoms with van der Waals surface area (Å²) >= 11 is 0. The van der Waals surface area contributed by atoms with Gasteiger partial charge in [-0.05, 0) is 96.9 Å². The zero-order valence-electron chi connectivity index (χ0n) is 35.9. The highest BCUT2D eigenvalue weighted by Gasteiger charge is 2.26. The minimum Gasteiger partial charge on any atom is -0.462 e. The van der Waals surface area contributed by atoms with Gasteiger partial charge >= 0.3 is 19.8 Å². The van der Waals surface area contributed by atoms with Gasteiger partial charge in [0.1, 0.15) is 6.61 Å². The Morgan fingerprint density at radius 3 is 1.47 bits per heavy atom. The predicted molar refractivity (Wildman–Crippen MR) is 242 cm³/mol. The van der Waals surface area contributed by atoms with E-state index in [2.05, 4.69) is 122 Å². The Morgan fingerprint density at radius 1 is 0.552 bits per heavy atom. The number of phosphoric acid groups is 1. The van der Waals surface area contributed by atoms with Gasteiger partial charge in [-0.1, -0.05) is 148 Å². The Labute approximate surface area is 352 Å². The quantitative estimate of drug-likeness (QED) is 0.0271. The number of phosphoric ester groups is 1. The SMILES string of the molecule is CC/C=C\C/C=C\C/C=C\C/C=C\C/C=C\C/C=C\CCC(=O)OCC(COP(=O)(O)OCCNC)OC(=O)CCC/C=C\C/C=C\C/C=C\C/C=C\CCCCC. The lowest BCUT2D eigenvalue weighted by Crippen LogP contribution is -2.29. The maximum atomic E-state index is 12.6. The van der Waals surface area contributed by atoms with Gasteiger partial charge in [0.2, 0.25) is 0 Å². The third-order valence-corrected chi connectivity index (χ3v) is 9.06. The summed E-state index contributed by atoms with van der Waals surface area (Å²) in [5, 5.41) is 2.81. The Morgan fingerprint density at radius 2 is 1.00 bits per heavy atom. The van der Waals surface area contributed by atoms with E-state index in [1.54, 1.807) is 7.05 Å². The summed E-state index contributed by atoms with van der Waals surface area (Å²) in [6.07, 6.45) is 56.9. The Kier molecular flexibility index (Phi) is 40.3. The fourth-order valence-corrected chi connectivity index (χ4v) is 5.61. The Hall–Kier alpha value is -3.59. The number of hydrogen-bond acceptors (Lipinski definition) is 8. The Balaban J connectivity index is 4.48. The van der Waals surface area contributed by atoms with E-state index in [0.717, 1.165) is 64.2 Å². The first kappa shape index (κ1) is 54.4. The topological polar surface area (TPSA) is 120 Å². The van der Waals surface area contributed by atoms with Gasteiger partial charge in [-0.2, -0.15) is 0 Å². The Bertz CT molecular complexity index is 1350. The molecule has 0 radical (unpaired) electrons. The minimum absolute atomic E-state index is 0.0458. The van der Waals surface area contributed by atoms with Gasteiger partial charge in [-0.3, -0.25) is 18.6 Å². The van der Waals surface area contributed by atoms with Crippen LogP contribution in [-0.2, 0) is 32.7 Å². The third-order valence-electron chi connectivity index (χ3n) is 8.08. The van der Waals surface area contributed by atoms with E-state index in [9.17, 15) is 19.0 Å². The number of likely N-dealkylation sites (N-methyl/N-ethyl adjacent to an activating group) is 1. The smallest absolute Gasteiger partial charge is 0.462 e. The van der Waals surface area contributed by atoms with Gasteiger partial charge in [0.05, 0.1) is 13.2 Å². The van der Waals surface area contributed by atoms with Crippen LogP contribution in [0.5, 0.6) is 0 Å². The van der Waals surface area contributed by atoms with E-state index in [1.807, 2.05) is 18.2 Å². The molecular formula is C48H76NO8P. The van der Waals surface area contributed by atoms with Crippen LogP contribution in [0.2, 0.25) is 0 Å². The second kappa shape index (κ2) is 43.0. The second-order valence-electron chi connectivity index (χ2n) is 13.4. The molecule has 0 aromatic heterocycles. The van der Waals surface area contributed by atoms with E-state index in [4.69, 9.17) is 18.5 Å². The summed E-state index contributed by atoms with van der Waals surface area (Å²) in [6.45, 7) is 3.89. The molecule has 0 amide bonds. The van der Waals surface area contributed by atoms with Crippen LogP contribution in [0.3, 0.4) is 0 Å². The monoisotopic (exact) mass is 826 g/mol. The molecule has 0 aliphatic rings. The summed E-state index contributed by atoms with van der Waals surface area (Å²) in [7, 11) is -2.71. The molecule has 10 heteroatoms. The number of rotatable bonds is 38. The molecule has 0 heterocycles. The third kappa shape index (κ3) is 42.0. The molecule has 0 saturated carbocycles. The molecule has 0 rings (SSSR count). The van der Waals surface area contributed by atoms with Gasteiger partial charge in [0.15, 0.2) is 6.10 Å². The molecule has 0 aliphatic carbocycles. The molecule has 2 atom stereocenters. The fraction of sp³-hybridized carbons (Fsp3) is 0.542. The van der Waals surface area contributed by atoms with E-state index in [-0.39, 0.29) is 26.1 Å². The summed E-state index contributed by atoms with van der Waals surface area (Å²) in [5.41, 5.74) is 0. The highest BCUT2D eigenvalue weighted by molar-refractivity contribution is 7.47. The number of ether oxygens (including phenoxy) is 2. The van der Waals surface area contributed by atoms with Gasteiger partial charge < -0.3 is 19.7 Å². The zero-order chi connectivity index (χ0) is 42.5. The van der Waals surface area contributed by atoms with Gasteiger partial charge in [0, 0.05) is 19.4 Å². The molecule has 0 aromatic carbocycles. The van der Waals surface area contributed by atoms with Crippen LogP contribution in [0, 0.1) is 0 Å². The molecule has 2 N–H and O–H groups in total. The van der Waals surface area contributed by atoms with Gasteiger partial charge in [0.25, 0.3) is 0 Å². The average Bonchev–Trinajstić information content (AvgIpc) is 3.21. The zero-order valence-corrected chi connectivity index (χ0v) is 36.8. The first-order valence-corrected chi connectivity index (χ1v) is 23.0. The molecular weight excluding hydrogens is 750 g/mol. The number of esters is 2. The largest absolute Gasteiger partial charge is 0.472 e. The summed E-state index contributed by atoms with van der Waals surface area (Å²) in [4.78, 5) is 35.0. The first-order chi connectivity index (χ1) is 28.3. The van der Waals surface area contributed by atoms with Crippen LogP contribution in [0.1, 0.15) is 129 Å². The summed E-state index contributed by atoms with van der Waals surface area (Å²) < 4.78 is 33.0. The van der Waals surface area contributed by atoms with Crippen molar-refractivity contribution >= 4 is 19.8 Å². The molecule has 326 valence electrons. The molecule has 9 nitrogen and oxygen atoms in total. The highest BCUT2D eigenvalue weighted by atomic mass is 31.2. The fourth-order valence-electron chi connectivity index (χ4n) is 4.86. The van der Waals surface area contributed by atoms with Crippen LogP contribution in [0.4, 0.5) is 0 Å². The molecule has 58 heavy (non-hydrogen) atoms. The van der Waals surface area contributed by atoms with Crippen molar-refractivity contribution in [1.29, 1.82) is 0 Å².